The minimum absolute atomic E-state index is 0.105. The number of carbonyl (C=O) groups excluding carboxylic acids is 1. The molecule has 0 amide bonds. The molecule has 0 atom stereocenters. The van der Waals surface area contributed by atoms with Gasteiger partial charge < -0.3 is 4.74 Å². The Balaban J connectivity index is 1.52. The lowest BCUT2D eigenvalue weighted by Crippen LogP contribution is -2.04. The van der Waals surface area contributed by atoms with E-state index in [1.54, 1.807) is 24.3 Å². The predicted octanol–water partition coefficient (Wildman–Crippen LogP) is 7.25. The second-order valence-corrected chi connectivity index (χ2v) is 8.64. The summed E-state index contributed by atoms with van der Waals surface area (Å²) in [4.78, 5) is 14.0. The van der Waals surface area contributed by atoms with Gasteiger partial charge in [0.25, 0.3) is 0 Å². The van der Waals surface area contributed by atoms with Crippen molar-refractivity contribution in [1.29, 1.82) is 5.26 Å². The summed E-state index contributed by atoms with van der Waals surface area (Å²) in [6, 6.07) is 35.1. The Bertz CT molecular complexity index is 1480. The second-order valence-electron chi connectivity index (χ2n) is 7.59. The largest absolute Gasteiger partial charge is 0.487 e. The topological polar surface area (TPSA) is 50.1 Å². The lowest BCUT2D eigenvalue weighted by molar-refractivity contribution is 0.103. The molecule has 0 saturated carbocycles. The van der Waals surface area contributed by atoms with Crippen molar-refractivity contribution in [3.63, 3.8) is 0 Å². The van der Waals surface area contributed by atoms with Crippen LogP contribution >= 0.6 is 11.3 Å². The van der Waals surface area contributed by atoms with E-state index in [2.05, 4.69) is 30.3 Å². The van der Waals surface area contributed by atoms with Crippen LogP contribution in [0.3, 0.4) is 0 Å². The van der Waals surface area contributed by atoms with Crippen LogP contribution in [0.2, 0.25) is 0 Å². The summed E-state index contributed by atoms with van der Waals surface area (Å²) in [6.45, 7) is 0.347. The van der Waals surface area contributed by atoms with Crippen LogP contribution in [0.4, 0.5) is 0 Å². The van der Waals surface area contributed by atoms with Crippen molar-refractivity contribution in [1.82, 2.24) is 0 Å². The van der Waals surface area contributed by atoms with Gasteiger partial charge in [-0.25, -0.2) is 0 Å². The molecule has 0 aliphatic rings. The molecule has 0 fully saturated rings. The maximum Gasteiger partial charge on any atom is 0.206 e. The monoisotopic (exact) mass is 445 g/mol. The molecule has 4 heteroatoms. The lowest BCUT2D eigenvalue weighted by atomic mass is 10.0. The SMILES string of the molecule is N#Cc1ccc(C(=O)c2sc3ccccc3c2OCc2ccccc2-c2ccccc2)cc1. The molecule has 0 radical (unpaired) electrons. The summed E-state index contributed by atoms with van der Waals surface area (Å²) >= 11 is 1.43. The maximum atomic E-state index is 13.4. The number of nitriles is 1. The van der Waals surface area contributed by atoms with E-state index in [0.29, 0.717) is 28.4 Å². The third kappa shape index (κ3) is 4.15. The van der Waals surface area contributed by atoms with Gasteiger partial charge in [0.2, 0.25) is 5.78 Å². The zero-order valence-corrected chi connectivity index (χ0v) is 18.5. The minimum atomic E-state index is -0.105. The molecule has 0 spiro atoms. The summed E-state index contributed by atoms with van der Waals surface area (Å²) in [5.74, 6) is 0.500. The van der Waals surface area contributed by atoms with Crippen LogP contribution in [0.25, 0.3) is 21.2 Å². The van der Waals surface area contributed by atoms with Gasteiger partial charge in [0.1, 0.15) is 17.2 Å². The Morgan fingerprint density at radius 1 is 0.818 bits per heavy atom. The number of carbonyl (C=O) groups is 1. The zero-order chi connectivity index (χ0) is 22.6. The van der Waals surface area contributed by atoms with Crippen LogP contribution in [0.1, 0.15) is 26.4 Å². The average Bonchev–Trinajstić information content (AvgIpc) is 3.26. The first-order chi connectivity index (χ1) is 16.2. The Morgan fingerprint density at radius 2 is 1.52 bits per heavy atom. The van der Waals surface area contributed by atoms with Gasteiger partial charge in [-0.3, -0.25) is 4.79 Å². The van der Waals surface area contributed by atoms with E-state index in [0.717, 1.165) is 26.8 Å². The van der Waals surface area contributed by atoms with Crippen molar-refractivity contribution in [2.24, 2.45) is 0 Å². The molecule has 33 heavy (non-hydrogen) atoms. The summed E-state index contributed by atoms with van der Waals surface area (Å²) in [5.41, 5.74) is 4.35. The molecule has 1 aromatic heterocycles. The fourth-order valence-electron chi connectivity index (χ4n) is 3.84. The van der Waals surface area contributed by atoms with Gasteiger partial charge in [0, 0.05) is 15.6 Å². The number of nitrogens with zero attached hydrogens (tertiary/aromatic N) is 1. The van der Waals surface area contributed by atoms with Crippen LogP contribution in [0, 0.1) is 11.3 Å². The van der Waals surface area contributed by atoms with E-state index in [1.807, 2.05) is 54.6 Å². The maximum absolute atomic E-state index is 13.4. The van der Waals surface area contributed by atoms with Crippen molar-refractivity contribution in [3.8, 4) is 22.9 Å². The van der Waals surface area contributed by atoms with Crippen LogP contribution in [-0.2, 0) is 6.61 Å². The Kier molecular flexibility index (Phi) is 5.72. The van der Waals surface area contributed by atoms with Gasteiger partial charge in [-0.2, -0.15) is 5.26 Å². The molecule has 1 heterocycles. The molecule has 0 unspecified atom stereocenters. The van der Waals surface area contributed by atoms with Crippen molar-refractivity contribution < 1.29 is 9.53 Å². The van der Waals surface area contributed by atoms with Crippen molar-refractivity contribution >= 4 is 27.2 Å². The lowest BCUT2D eigenvalue weighted by Gasteiger charge is -2.12. The van der Waals surface area contributed by atoms with Gasteiger partial charge in [-0.1, -0.05) is 66.7 Å². The molecule has 158 valence electrons. The molecule has 5 aromatic rings. The van der Waals surface area contributed by atoms with Crippen molar-refractivity contribution in [2.75, 3.05) is 0 Å². The molecule has 4 aromatic carbocycles. The molecular formula is C29H19NO2S. The van der Waals surface area contributed by atoms with E-state index in [4.69, 9.17) is 10.00 Å². The van der Waals surface area contributed by atoms with Crippen molar-refractivity contribution in [2.45, 2.75) is 6.61 Å². The number of ketones is 1. The number of hydrogen-bond acceptors (Lipinski definition) is 4. The highest BCUT2D eigenvalue weighted by Gasteiger charge is 2.21. The van der Waals surface area contributed by atoms with Gasteiger partial charge >= 0.3 is 0 Å². The highest BCUT2D eigenvalue weighted by molar-refractivity contribution is 7.21. The summed E-state index contributed by atoms with van der Waals surface area (Å²) in [6.07, 6.45) is 0. The van der Waals surface area contributed by atoms with Gasteiger partial charge in [0.05, 0.1) is 11.6 Å². The normalized spacial score (nSPS) is 10.6. The smallest absolute Gasteiger partial charge is 0.206 e. The first-order valence-electron chi connectivity index (χ1n) is 10.6. The summed E-state index contributed by atoms with van der Waals surface area (Å²) in [5, 5.41) is 9.98. The average molecular weight is 446 g/mol. The van der Waals surface area contributed by atoms with Gasteiger partial charge in [-0.15, -0.1) is 11.3 Å². The predicted molar refractivity (Wildman–Crippen MR) is 133 cm³/mol. The second kappa shape index (κ2) is 9.12. The molecule has 0 aliphatic carbocycles. The zero-order valence-electron chi connectivity index (χ0n) is 17.7. The first kappa shape index (κ1) is 20.7. The molecule has 0 N–H and O–H groups in total. The Hall–Kier alpha value is -4.20. The number of benzene rings is 4. The van der Waals surface area contributed by atoms with Crippen LogP contribution in [0.15, 0.2) is 103 Å². The van der Waals surface area contributed by atoms with Gasteiger partial charge in [-0.05, 0) is 53.1 Å². The molecule has 5 rings (SSSR count). The van der Waals surface area contributed by atoms with E-state index in [9.17, 15) is 4.79 Å². The number of fused-ring (bicyclic) bond motifs is 1. The third-order valence-electron chi connectivity index (χ3n) is 5.51. The van der Waals surface area contributed by atoms with E-state index >= 15 is 0 Å². The Labute approximate surface area is 196 Å². The highest BCUT2D eigenvalue weighted by atomic mass is 32.1. The van der Waals surface area contributed by atoms with Gasteiger partial charge in [0.15, 0.2) is 0 Å². The fraction of sp³-hybridized carbons (Fsp3) is 0.0345. The van der Waals surface area contributed by atoms with E-state index < -0.39 is 0 Å². The summed E-state index contributed by atoms with van der Waals surface area (Å²) < 4.78 is 7.36. The third-order valence-corrected chi connectivity index (χ3v) is 6.66. The fourth-order valence-corrected chi connectivity index (χ4v) is 4.95. The standard InChI is InChI=1S/C29H19NO2S/c30-18-20-14-16-22(17-15-20)27(31)29-28(25-12-6-7-13-26(25)33-29)32-19-23-10-4-5-11-24(23)21-8-2-1-3-9-21/h1-17H,19H2. The van der Waals surface area contributed by atoms with Crippen LogP contribution in [0.5, 0.6) is 5.75 Å². The first-order valence-corrected chi connectivity index (χ1v) is 11.4. The molecule has 0 aliphatic heterocycles. The van der Waals surface area contributed by atoms with Crippen LogP contribution in [-0.4, -0.2) is 5.78 Å². The highest BCUT2D eigenvalue weighted by Crippen LogP contribution is 2.40. The molecular weight excluding hydrogens is 426 g/mol. The number of hydrogen-bond donors (Lipinski definition) is 0. The minimum Gasteiger partial charge on any atom is -0.487 e. The molecule has 3 nitrogen and oxygen atoms in total. The van der Waals surface area contributed by atoms with Crippen LogP contribution < -0.4 is 4.74 Å². The Morgan fingerprint density at radius 3 is 2.30 bits per heavy atom. The number of ether oxygens (including phenoxy) is 1. The van der Waals surface area contributed by atoms with E-state index in [-0.39, 0.29) is 5.78 Å². The van der Waals surface area contributed by atoms with E-state index in [1.165, 1.54) is 11.3 Å². The number of rotatable bonds is 6. The molecule has 0 saturated heterocycles. The van der Waals surface area contributed by atoms with Crippen molar-refractivity contribution in [3.05, 3.63) is 125 Å². The summed E-state index contributed by atoms with van der Waals surface area (Å²) in [7, 11) is 0. The quantitative estimate of drug-likeness (QED) is 0.259. The molecule has 0 bridgehead atoms. The number of thiophene rings is 1.